The number of fused-ring (bicyclic) bond motifs is 3. The lowest BCUT2D eigenvalue weighted by Crippen LogP contribution is -2.44. The molecule has 4 heterocycles. The number of amides is 1. The largest absolute Gasteiger partial charge is 0.378 e. The number of hydrogen-bond donors (Lipinski definition) is 0. The predicted octanol–water partition coefficient (Wildman–Crippen LogP) is 1.19. The molecule has 4 rings (SSSR count). The number of thiophene rings is 1. The normalized spacial score (nSPS) is 15.5. The molecule has 126 valence electrons. The Hall–Kier alpha value is -2.19. The second-order valence-corrected chi connectivity index (χ2v) is 7.26. The molecule has 0 spiro atoms. The highest BCUT2D eigenvalue weighted by atomic mass is 32.1. The summed E-state index contributed by atoms with van der Waals surface area (Å²) < 4.78 is 9.47. The van der Waals surface area contributed by atoms with Crippen LogP contribution in [-0.4, -0.2) is 51.3 Å². The zero-order valence-electron chi connectivity index (χ0n) is 13.6. The van der Waals surface area contributed by atoms with Crippen LogP contribution in [0, 0.1) is 13.8 Å². The summed E-state index contributed by atoms with van der Waals surface area (Å²) >= 11 is 1.65. The van der Waals surface area contributed by atoms with Crippen molar-refractivity contribution in [3.63, 3.8) is 0 Å². The zero-order chi connectivity index (χ0) is 16.8. The van der Waals surface area contributed by atoms with Crippen LogP contribution in [0.3, 0.4) is 0 Å². The molecule has 0 saturated carbocycles. The molecule has 0 radical (unpaired) electrons. The lowest BCUT2D eigenvalue weighted by atomic mass is 10.4. The molecule has 1 amide bonds. The van der Waals surface area contributed by atoms with Gasteiger partial charge in [-0.25, -0.2) is 4.68 Å². The molecule has 0 bridgehead atoms. The van der Waals surface area contributed by atoms with Crippen LogP contribution < -0.4 is 5.56 Å². The molecular weight excluding hydrogens is 328 g/mol. The second kappa shape index (κ2) is 5.71. The fourth-order valence-corrected chi connectivity index (χ4v) is 4.11. The number of ether oxygens (including phenoxy) is 1. The molecular formula is C16H18N4O3S. The van der Waals surface area contributed by atoms with Crippen LogP contribution in [0.25, 0.3) is 15.7 Å². The van der Waals surface area contributed by atoms with E-state index in [0.717, 1.165) is 10.2 Å². The second-order valence-electron chi connectivity index (χ2n) is 5.97. The van der Waals surface area contributed by atoms with E-state index in [0.29, 0.717) is 37.6 Å². The van der Waals surface area contributed by atoms with E-state index in [2.05, 4.69) is 11.2 Å². The zero-order valence-corrected chi connectivity index (χ0v) is 14.4. The van der Waals surface area contributed by atoms with Gasteiger partial charge >= 0.3 is 0 Å². The van der Waals surface area contributed by atoms with Crippen LogP contribution in [0.2, 0.25) is 0 Å². The topological polar surface area (TPSA) is 68.8 Å². The average Bonchev–Trinajstić information content (AvgIpc) is 3.09. The Labute approximate surface area is 142 Å². The number of aromatic nitrogens is 3. The number of carbonyl (C=O) groups is 1. The number of rotatable bonds is 2. The van der Waals surface area contributed by atoms with Crippen LogP contribution in [0.1, 0.15) is 10.7 Å². The smallest absolute Gasteiger partial charge is 0.291 e. The van der Waals surface area contributed by atoms with Crippen molar-refractivity contribution < 1.29 is 9.53 Å². The molecule has 1 fully saturated rings. The first kappa shape index (κ1) is 15.3. The lowest BCUT2D eigenvalue weighted by Gasteiger charge is -2.26. The fraction of sp³-hybridized carbons (Fsp3) is 0.438. The monoisotopic (exact) mass is 346 g/mol. The molecule has 0 aliphatic carbocycles. The lowest BCUT2D eigenvalue weighted by molar-refractivity contribution is -0.136. The molecule has 1 saturated heterocycles. The van der Waals surface area contributed by atoms with Crippen molar-refractivity contribution in [2.24, 2.45) is 0 Å². The Morgan fingerprint density at radius 2 is 2.00 bits per heavy atom. The highest BCUT2D eigenvalue weighted by molar-refractivity contribution is 7.19. The summed E-state index contributed by atoms with van der Waals surface area (Å²) in [6.45, 7) is 6.08. The van der Waals surface area contributed by atoms with Crippen LogP contribution in [0.5, 0.6) is 0 Å². The van der Waals surface area contributed by atoms with E-state index in [4.69, 9.17) is 4.74 Å². The summed E-state index contributed by atoms with van der Waals surface area (Å²) in [5, 5.41) is 4.36. The number of aryl methyl sites for hydroxylation is 2. The molecule has 1 aliphatic rings. The third-order valence-electron chi connectivity index (χ3n) is 4.30. The van der Waals surface area contributed by atoms with Crippen LogP contribution in [0.15, 0.2) is 16.9 Å². The van der Waals surface area contributed by atoms with Crippen molar-refractivity contribution >= 4 is 33.0 Å². The molecule has 8 heteroatoms. The first-order valence-corrected chi connectivity index (χ1v) is 8.71. The molecule has 0 unspecified atom stereocenters. The van der Waals surface area contributed by atoms with Gasteiger partial charge in [0, 0.05) is 18.0 Å². The molecule has 0 atom stereocenters. The maximum absolute atomic E-state index is 12.7. The van der Waals surface area contributed by atoms with Gasteiger partial charge in [-0.15, -0.1) is 11.3 Å². The minimum absolute atomic E-state index is 0.0337. The van der Waals surface area contributed by atoms with Crippen molar-refractivity contribution in [3.8, 4) is 0 Å². The summed E-state index contributed by atoms with van der Waals surface area (Å²) in [5.74, 6) is 0.605. The van der Waals surface area contributed by atoms with E-state index >= 15 is 0 Å². The molecule has 1 aliphatic heterocycles. The van der Waals surface area contributed by atoms with Gasteiger partial charge in [0.2, 0.25) is 5.91 Å². The Balaban J connectivity index is 1.75. The van der Waals surface area contributed by atoms with Crippen molar-refractivity contribution in [1.82, 2.24) is 19.1 Å². The Morgan fingerprint density at radius 1 is 1.25 bits per heavy atom. The van der Waals surface area contributed by atoms with Crippen molar-refractivity contribution in [1.29, 1.82) is 0 Å². The SMILES string of the molecule is Cc1cc2c(cc3c(=O)n(CC(=O)N4CCOCC4)nc(C)n32)s1. The van der Waals surface area contributed by atoms with E-state index in [9.17, 15) is 9.59 Å². The predicted molar refractivity (Wildman–Crippen MR) is 91.7 cm³/mol. The van der Waals surface area contributed by atoms with Crippen LogP contribution >= 0.6 is 11.3 Å². The Morgan fingerprint density at radius 3 is 2.75 bits per heavy atom. The summed E-state index contributed by atoms with van der Waals surface area (Å²) in [6.07, 6.45) is 0. The summed E-state index contributed by atoms with van der Waals surface area (Å²) in [6, 6.07) is 3.95. The standard InChI is InChI=1S/C16H18N4O3S/c1-10-7-12-14(24-10)8-13-16(22)19(17-11(2)20(12)13)9-15(21)18-3-5-23-6-4-18/h7-8H,3-6,9H2,1-2H3. The van der Waals surface area contributed by atoms with Crippen molar-refractivity contribution in [3.05, 3.63) is 33.2 Å². The highest BCUT2D eigenvalue weighted by Crippen LogP contribution is 2.27. The van der Waals surface area contributed by atoms with Crippen molar-refractivity contribution in [2.45, 2.75) is 20.4 Å². The van der Waals surface area contributed by atoms with E-state index in [1.54, 1.807) is 16.2 Å². The van der Waals surface area contributed by atoms with Crippen LogP contribution in [-0.2, 0) is 16.1 Å². The fourth-order valence-electron chi connectivity index (χ4n) is 3.17. The Kier molecular flexibility index (Phi) is 3.65. The van der Waals surface area contributed by atoms with Gasteiger partial charge in [0.15, 0.2) is 0 Å². The molecule has 0 N–H and O–H groups in total. The maximum atomic E-state index is 12.7. The number of morpholine rings is 1. The third-order valence-corrected chi connectivity index (χ3v) is 5.29. The molecule has 3 aromatic rings. The highest BCUT2D eigenvalue weighted by Gasteiger charge is 2.20. The quantitative estimate of drug-likeness (QED) is 0.699. The Bertz CT molecular complexity index is 994. The van der Waals surface area contributed by atoms with Gasteiger partial charge in [0.25, 0.3) is 5.56 Å². The summed E-state index contributed by atoms with van der Waals surface area (Å²) in [5.41, 5.74) is 1.34. The number of carbonyl (C=O) groups excluding carboxylic acids is 1. The first-order chi connectivity index (χ1) is 11.5. The van der Waals surface area contributed by atoms with Gasteiger partial charge in [0.05, 0.1) is 23.4 Å². The van der Waals surface area contributed by atoms with Gasteiger partial charge in [-0.2, -0.15) is 5.10 Å². The van der Waals surface area contributed by atoms with Crippen LogP contribution in [0.4, 0.5) is 0 Å². The van der Waals surface area contributed by atoms with E-state index < -0.39 is 0 Å². The van der Waals surface area contributed by atoms with Gasteiger partial charge in [-0.1, -0.05) is 0 Å². The van der Waals surface area contributed by atoms with E-state index in [1.165, 1.54) is 9.56 Å². The minimum atomic E-state index is -0.233. The van der Waals surface area contributed by atoms with Gasteiger partial charge in [0.1, 0.15) is 17.9 Å². The average molecular weight is 346 g/mol. The summed E-state index contributed by atoms with van der Waals surface area (Å²) in [4.78, 5) is 28.1. The van der Waals surface area contributed by atoms with E-state index in [1.807, 2.05) is 24.3 Å². The summed E-state index contributed by atoms with van der Waals surface area (Å²) in [7, 11) is 0. The molecule has 7 nitrogen and oxygen atoms in total. The van der Waals surface area contributed by atoms with Gasteiger partial charge < -0.3 is 9.64 Å². The van der Waals surface area contributed by atoms with Crippen molar-refractivity contribution in [2.75, 3.05) is 26.3 Å². The van der Waals surface area contributed by atoms with Gasteiger partial charge in [-0.05, 0) is 26.0 Å². The molecule has 24 heavy (non-hydrogen) atoms. The first-order valence-electron chi connectivity index (χ1n) is 7.89. The number of nitrogens with zero attached hydrogens (tertiary/aromatic N) is 4. The molecule has 3 aromatic heterocycles. The van der Waals surface area contributed by atoms with E-state index in [-0.39, 0.29) is 18.0 Å². The number of hydrogen-bond acceptors (Lipinski definition) is 5. The van der Waals surface area contributed by atoms with Gasteiger partial charge in [-0.3, -0.25) is 14.0 Å². The minimum Gasteiger partial charge on any atom is -0.378 e. The molecule has 0 aromatic carbocycles. The third kappa shape index (κ3) is 2.42. The maximum Gasteiger partial charge on any atom is 0.291 e.